The summed E-state index contributed by atoms with van der Waals surface area (Å²) in [6.45, 7) is 8.38. The third kappa shape index (κ3) is 11.1. The summed E-state index contributed by atoms with van der Waals surface area (Å²) in [6.07, 6.45) is 17.4. The number of methoxy groups -OCH3 is 1. The number of esters is 1. The number of rotatable bonds is 19. The van der Waals surface area contributed by atoms with E-state index >= 15 is 0 Å². The Kier molecular flexibility index (Phi) is 14.3. The van der Waals surface area contributed by atoms with Gasteiger partial charge in [-0.1, -0.05) is 68.0 Å². The van der Waals surface area contributed by atoms with Crippen molar-refractivity contribution in [2.24, 2.45) is 0 Å². The molecule has 5 nitrogen and oxygen atoms in total. The molecule has 1 unspecified atom stereocenters. The van der Waals surface area contributed by atoms with Crippen LogP contribution in [0.5, 0.6) is 5.75 Å². The van der Waals surface area contributed by atoms with Gasteiger partial charge in [-0.15, -0.1) is 0 Å². The Morgan fingerprint density at radius 3 is 2.20 bits per heavy atom. The van der Waals surface area contributed by atoms with E-state index in [9.17, 15) is 4.79 Å². The van der Waals surface area contributed by atoms with Gasteiger partial charge in [0.1, 0.15) is 5.75 Å². The molecule has 2 aromatic rings. The van der Waals surface area contributed by atoms with Crippen LogP contribution in [0, 0.1) is 6.92 Å². The van der Waals surface area contributed by atoms with Gasteiger partial charge in [-0.2, -0.15) is 0 Å². The summed E-state index contributed by atoms with van der Waals surface area (Å²) in [5.41, 5.74) is 6.19. The summed E-state index contributed by atoms with van der Waals surface area (Å²) in [5, 5.41) is 0. The van der Waals surface area contributed by atoms with Crippen molar-refractivity contribution in [1.82, 2.24) is 0 Å². The summed E-state index contributed by atoms with van der Waals surface area (Å²) >= 11 is 0. The fourth-order valence-corrected chi connectivity index (χ4v) is 4.75. The number of unbranched alkanes of at least 4 members (excludes halogenated alkanes) is 6. The van der Waals surface area contributed by atoms with E-state index in [-0.39, 0.29) is 12.1 Å². The molecule has 0 heterocycles. The van der Waals surface area contributed by atoms with E-state index in [2.05, 4.69) is 74.2 Å². The van der Waals surface area contributed by atoms with E-state index in [1.165, 1.54) is 46.7 Å². The average molecular weight is 547 g/mol. The molecule has 0 saturated heterocycles. The number of hydrogen-bond acceptors (Lipinski definition) is 5. The van der Waals surface area contributed by atoms with Crippen LogP contribution in [0.4, 0.5) is 0 Å². The highest BCUT2D eigenvalue weighted by molar-refractivity contribution is 5.81. The van der Waals surface area contributed by atoms with Crippen molar-refractivity contribution in [3.8, 4) is 16.9 Å². The van der Waals surface area contributed by atoms with E-state index in [4.69, 9.17) is 18.9 Å². The smallest absolute Gasteiger partial charge is 0.330 e. The first-order chi connectivity index (χ1) is 19.6. The van der Waals surface area contributed by atoms with E-state index in [1.54, 1.807) is 7.11 Å². The van der Waals surface area contributed by atoms with Crippen LogP contribution in [0.15, 0.2) is 73.3 Å². The van der Waals surface area contributed by atoms with Gasteiger partial charge in [0.15, 0.2) is 0 Å². The molecular formula is C35H46O5. The van der Waals surface area contributed by atoms with Gasteiger partial charge < -0.3 is 18.9 Å². The van der Waals surface area contributed by atoms with Crippen LogP contribution < -0.4 is 4.74 Å². The van der Waals surface area contributed by atoms with E-state index < -0.39 is 0 Å². The fraction of sp³-hybridized carbons (Fsp3) is 0.457. The van der Waals surface area contributed by atoms with Crippen molar-refractivity contribution in [2.75, 3.05) is 33.5 Å². The van der Waals surface area contributed by atoms with Crippen LogP contribution in [-0.2, 0) is 19.0 Å². The Morgan fingerprint density at radius 1 is 0.875 bits per heavy atom. The quantitative estimate of drug-likeness (QED) is 0.101. The maximum Gasteiger partial charge on any atom is 0.330 e. The van der Waals surface area contributed by atoms with Crippen molar-refractivity contribution < 1.29 is 23.7 Å². The normalized spacial score (nSPS) is 14.6. The average Bonchev–Trinajstić information content (AvgIpc) is 2.98. The second-order valence-corrected chi connectivity index (χ2v) is 10.3. The Labute approximate surface area is 240 Å². The lowest BCUT2D eigenvalue weighted by atomic mass is 9.93. The van der Waals surface area contributed by atoms with Gasteiger partial charge in [-0.3, -0.25) is 0 Å². The Hall–Kier alpha value is -3.15. The number of benzene rings is 2. The zero-order chi connectivity index (χ0) is 28.4. The van der Waals surface area contributed by atoms with E-state index in [1.807, 2.05) is 0 Å². The first kappa shape index (κ1) is 31.4. The number of ether oxygens (including phenoxy) is 4. The predicted molar refractivity (Wildman–Crippen MR) is 164 cm³/mol. The van der Waals surface area contributed by atoms with Gasteiger partial charge in [-0.25, -0.2) is 4.79 Å². The van der Waals surface area contributed by atoms with Crippen molar-refractivity contribution in [1.29, 1.82) is 0 Å². The minimum atomic E-state index is -0.349. The van der Waals surface area contributed by atoms with Crippen molar-refractivity contribution in [2.45, 2.75) is 70.8 Å². The second kappa shape index (κ2) is 18.2. The van der Waals surface area contributed by atoms with E-state index in [0.29, 0.717) is 6.61 Å². The second-order valence-electron chi connectivity index (χ2n) is 10.3. The number of carbonyl (C=O) groups excluding carboxylic acids is 1. The lowest BCUT2D eigenvalue weighted by molar-refractivity contribution is -0.137. The molecule has 0 radical (unpaired) electrons. The van der Waals surface area contributed by atoms with Crippen molar-refractivity contribution >= 4 is 11.5 Å². The molecule has 3 rings (SSSR count). The van der Waals surface area contributed by atoms with Gasteiger partial charge in [0.2, 0.25) is 0 Å². The van der Waals surface area contributed by atoms with Crippen LogP contribution >= 0.6 is 0 Å². The highest BCUT2D eigenvalue weighted by Crippen LogP contribution is 2.30. The van der Waals surface area contributed by atoms with Crippen molar-refractivity contribution in [3.05, 3.63) is 84.5 Å². The number of hydrogen-bond donors (Lipinski definition) is 0. The maximum atomic E-state index is 11.0. The van der Waals surface area contributed by atoms with Crippen LogP contribution in [0.25, 0.3) is 16.7 Å². The molecule has 0 amide bonds. The summed E-state index contributed by atoms with van der Waals surface area (Å²) < 4.78 is 22.1. The van der Waals surface area contributed by atoms with Crippen LogP contribution in [0.2, 0.25) is 0 Å². The minimum Gasteiger partial charge on any atom is -0.494 e. The summed E-state index contributed by atoms with van der Waals surface area (Å²) in [7, 11) is 1.75. The first-order valence-corrected chi connectivity index (χ1v) is 14.7. The molecule has 0 aliphatic heterocycles. The van der Waals surface area contributed by atoms with Gasteiger partial charge in [0.05, 0.1) is 19.3 Å². The first-order valence-electron chi connectivity index (χ1n) is 14.7. The SMILES string of the molecule is C=CC(=O)OCCCCCCOC1C=CC(c2ccc(-c3ccc(OCCCCCCOC)cc3)c(C)c2)=CC1. The fourth-order valence-electron chi connectivity index (χ4n) is 4.75. The molecule has 2 aromatic carbocycles. The highest BCUT2D eigenvalue weighted by Gasteiger charge is 2.12. The zero-order valence-electron chi connectivity index (χ0n) is 24.4. The molecule has 40 heavy (non-hydrogen) atoms. The summed E-state index contributed by atoms with van der Waals surface area (Å²) in [6, 6.07) is 15.1. The van der Waals surface area contributed by atoms with Crippen LogP contribution in [0.1, 0.15) is 68.9 Å². The third-order valence-corrected chi connectivity index (χ3v) is 7.08. The molecule has 1 atom stereocenters. The lowest BCUT2D eigenvalue weighted by Crippen LogP contribution is -2.12. The van der Waals surface area contributed by atoms with Gasteiger partial charge in [0.25, 0.3) is 0 Å². The number of carbonyl (C=O) groups is 1. The molecule has 0 fully saturated rings. The molecule has 0 bridgehead atoms. The summed E-state index contributed by atoms with van der Waals surface area (Å²) in [4.78, 5) is 11.0. The monoisotopic (exact) mass is 546 g/mol. The van der Waals surface area contributed by atoms with Crippen LogP contribution in [0.3, 0.4) is 0 Å². The topological polar surface area (TPSA) is 54.0 Å². The molecule has 1 aliphatic carbocycles. The molecule has 0 saturated carbocycles. The molecule has 0 N–H and O–H groups in total. The largest absolute Gasteiger partial charge is 0.494 e. The van der Waals surface area contributed by atoms with Crippen LogP contribution in [-0.4, -0.2) is 45.6 Å². The Balaban J connectivity index is 1.37. The van der Waals surface area contributed by atoms with Gasteiger partial charge >= 0.3 is 5.97 Å². The van der Waals surface area contributed by atoms with E-state index in [0.717, 1.165) is 70.5 Å². The van der Waals surface area contributed by atoms with Crippen molar-refractivity contribution in [3.63, 3.8) is 0 Å². The predicted octanol–water partition coefficient (Wildman–Crippen LogP) is 8.27. The number of allylic oxidation sites excluding steroid dienone is 2. The Morgan fingerprint density at radius 2 is 1.55 bits per heavy atom. The molecule has 0 spiro atoms. The molecule has 0 aromatic heterocycles. The standard InChI is InChI=1S/C35H46O5/c1-4-35(36)40-26-12-8-7-11-25-38-32-18-13-29(14-19-32)31-17-22-34(28(2)27-31)30-15-20-33(21-16-30)39-24-10-6-5-9-23-37-3/h4,13-18,20-22,27,32H,1,5-12,19,23-26H2,2-3H3. The number of aryl methyl sites for hydroxylation is 1. The maximum absolute atomic E-state index is 11.0. The molecule has 5 heteroatoms. The highest BCUT2D eigenvalue weighted by atomic mass is 16.5. The van der Waals surface area contributed by atoms with Gasteiger partial charge in [0, 0.05) is 26.4 Å². The summed E-state index contributed by atoms with van der Waals surface area (Å²) in [5.74, 6) is 0.577. The Bertz CT molecular complexity index is 1100. The zero-order valence-corrected chi connectivity index (χ0v) is 24.4. The lowest BCUT2D eigenvalue weighted by Gasteiger charge is -2.18. The van der Waals surface area contributed by atoms with Gasteiger partial charge in [-0.05, 0) is 91.8 Å². The molecular weight excluding hydrogens is 500 g/mol. The molecule has 1 aliphatic rings. The minimum absolute atomic E-state index is 0.133. The third-order valence-electron chi connectivity index (χ3n) is 7.08. The molecule has 216 valence electrons.